The number of hydrogen-bond donors (Lipinski definition) is 1. The van der Waals surface area contributed by atoms with Crippen LogP contribution >= 0.6 is 15.9 Å². The summed E-state index contributed by atoms with van der Waals surface area (Å²) in [6, 6.07) is 19.5. The summed E-state index contributed by atoms with van der Waals surface area (Å²) in [5, 5.41) is 3.81. The Balaban J connectivity index is 1.35. The van der Waals surface area contributed by atoms with Gasteiger partial charge in [-0.15, -0.1) is 0 Å². The fourth-order valence-corrected chi connectivity index (χ4v) is 5.63. The highest BCUT2D eigenvalue weighted by molar-refractivity contribution is 9.10. The number of ether oxygens (including phenoxy) is 2. The van der Waals surface area contributed by atoms with Crippen LogP contribution in [0.2, 0.25) is 0 Å². The number of rotatable bonds is 7. The largest absolute Gasteiger partial charge is 0.493 e. The van der Waals surface area contributed by atoms with E-state index in [2.05, 4.69) is 89.4 Å². The van der Waals surface area contributed by atoms with Crippen LogP contribution < -0.4 is 14.8 Å². The van der Waals surface area contributed by atoms with E-state index in [4.69, 9.17) is 14.5 Å². The van der Waals surface area contributed by atoms with Gasteiger partial charge in [-0.05, 0) is 82.2 Å². The van der Waals surface area contributed by atoms with Crippen LogP contribution in [0.3, 0.4) is 0 Å². The van der Waals surface area contributed by atoms with Gasteiger partial charge in [0.2, 0.25) is 0 Å². The first-order chi connectivity index (χ1) is 17.1. The maximum Gasteiger partial charge on any atom is 0.175 e. The Hall–Kier alpha value is -3.31. The fourth-order valence-electron chi connectivity index (χ4n) is 5.06. The Kier molecular flexibility index (Phi) is 6.78. The summed E-state index contributed by atoms with van der Waals surface area (Å²) >= 11 is 3.57. The van der Waals surface area contributed by atoms with Gasteiger partial charge in [-0.1, -0.05) is 54.6 Å². The topological polar surface area (TPSA) is 42.8 Å². The molecule has 0 saturated heterocycles. The highest BCUT2D eigenvalue weighted by Crippen LogP contribution is 2.50. The van der Waals surface area contributed by atoms with Crippen LogP contribution in [0, 0.1) is 12.8 Å². The number of fused-ring (bicyclic) bond motifs is 3. The first kappa shape index (κ1) is 23.4. The average Bonchev–Trinajstić information content (AvgIpc) is 3.37. The molecule has 3 atom stereocenters. The highest BCUT2D eigenvalue weighted by Gasteiger charge is 2.37. The number of aliphatic imine (C=N–C) groups is 1. The van der Waals surface area contributed by atoms with E-state index in [9.17, 15) is 0 Å². The van der Waals surface area contributed by atoms with E-state index in [1.165, 1.54) is 22.4 Å². The van der Waals surface area contributed by atoms with Crippen molar-refractivity contribution >= 4 is 33.5 Å². The summed E-state index contributed by atoms with van der Waals surface area (Å²) < 4.78 is 12.0. The zero-order valence-corrected chi connectivity index (χ0v) is 21.6. The number of anilines is 1. The zero-order chi connectivity index (χ0) is 24.4. The van der Waals surface area contributed by atoms with Crippen molar-refractivity contribution in [2.45, 2.75) is 25.3 Å². The zero-order valence-electron chi connectivity index (χ0n) is 20.0. The standard InChI is InChI=1S/C30H29BrN2O2/c1-4-14-35-30-26(31)16-20(17-28(30)34-3)18-32-22-11-9-21(10-12-22)29-24-7-5-6-23(24)25-15-19(2)8-13-27(25)33-29/h4-6,8-13,15-18,23-24,29,33H,1,7,14H2,2-3H3/t23-,24+,29+/m1/s1. The van der Waals surface area contributed by atoms with Crippen molar-refractivity contribution in [1.82, 2.24) is 0 Å². The molecular weight excluding hydrogens is 500 g/mol. The molecule has 35 heavy (non-hydrogen) atoms. The molecule has 1 N–H and O–H groups in total. The van der Waals surface area contributed by atoms with Gasteiger partial charge in [0.25, 0.3) is 0 Å². The lowest BCUT2D eigenvalue weighted by molar-refractivity contribution is 0.324. The van der Waals surface area contributed by atoms with Crippen molar-refractivity contribution in [3.63, 3.8) is 0 Å². The Bertz CT molecular complexity index is 1300. The molecule has 0 bridgehead atoms. The van der Waals surface area contributed by atoms with E-state index in [1.54, 1.807) is 13.2 Å². The van der Waals surface area contributed by atoms with E-state index < -0.39 is 0 Å². The average molecular weight is 529 g/mol. The van der Waals surface area contributed by atoms with E-state index in [1.807, 2.05) is 18.3 Å². The molecule has 2 aliphatic rings. The molecule has 0 aromatic heterocycles. The molecular formula is C30H29BrN2O2. The normalized spacial score (nSPS) is 20.3. The van der Waals surface area contributed by atoms with E-state index >= 15 is 0 Å². The van der Waals surface area contributed by atoms with E-state index in [0.717, 1.165) is 22.1 Å². The monoisotopic (exact) mass is 528 g/mol. The van der Waals surface area contributed by atoms with Crippen molar-refractivity contribution in [2.24, 2.45) is 10.9 Å². The van der Waals surface area contributed by atoms with Gasteiger partial charge in [-0.3, -0.25) is 4.99 Å². The second-order valence-electron chi connectivity index (χ2n) is 9.05. The second kappa shape index (κ2) is 10.1. The Morgan fingerprint density at radius 2 is 1.97 bits per heavy atom. The third kappa shape index (κ3) is 4.78. The SMILES string of the molecule is C=CCOc1c(Br)cc(C=Nc2ccc([C@@H]3Nc4ccc(C)cc4[C@@H]4C=CC[C@@H]43)cc2)cc1OC. The molecule has 1 aliphatic carbocycles. The minimum Gasteiger partial charge on any atom is -0.493 e. The summed E-state index contributed by atoms with van der Waals surface area (Å²) in [5.41, 5.74) is 7.10. The van der Waals surface area contributed by atoms with Crippen LogP contribution in [-0.2, 0) is 0 Å². The molecule has 1 heterocycles. The van der Waals surface area contributed by atoms with Crippen molar-refractivity contribution in [2.75, 3.05) is 19.0 Å². The smallest absolute Gasteiger partial charge is 0.175 e. The van der Waals surface area contributed by atoms with Crippen LogP contribution in [-0.4, -0.2) is 19.9 Å². The maximum atomic E-state index is 5.71. The van der Waals surface area contributed by atoms with Crippen molar-refractivity contribution in [3.05, 3.63) is 106 Å². The van der Waals surface area contributed by atoms with Crippen LogP contribution in [0.1, 0.15) is 40.6 Å². The molecule has 0 radical (unpaired) electrons. The van der Waals surface area contributed by atoms with E-state index in [0.29, 0.717) is 29.9 Å². The first-order valence-electron chi connectivity index (χ1n) is 11.9. The van der Waals surface area contributed by atoms with Crippen molar-refractivity contribution in [1.29, 1.82) is 0 Å². The third-order valence-corrected chi connectivity index (χ3v) is 7.32. The summed E-state index contributed by atoms with van der Waals surface area (Å²) in [6.45, 7) is 6.27. The number of aryl methyl sites for hydroxylation is 1. The van der Waals surface area contributed by atoms with Crippen molar-refractivity contribution in [3.8, 4) is 11.5 Å². The number of nitrogens with one attached hydrogen (secondary N) is 1. The molecule has 5 heteroatoms. The summed E-state index contributed by atoms with van der Waals surface area (Å²) in [5.74, 6) is 2.31. The lowest BCUT2D eigenvalue weighted by Crippen LogP contribution is -2.29. The van der Waals surface area contributed by atoms with Gasteiger partial charge in [0.1, 0.15) is 6.61 Å². The molecule has 0 saturated carbocycles. The predicted molar refractivity (Wildman–Crippen MR) is 148 cm³/mol. The molecule has 1 aliphatic heterocycles. The van der Waals surface area contributed by atoms with Crippen LogP contribution in [0.4, 0.5) is 11.4 Å². The second-order valence-corrected chi connectivity index (χ2v) is 9.90. The van der Waals surface area contributed by atoms with Crippen molar-refractivity contribution < 1.29 is 9.47 Å². The highest BCUT2D eigenvalue weighted by atomic mass is 79.9. The fraction of sp³-hybridized carbons (Fsp3) is 0.233. The van der Waals surface area contributed by atoms with Gasteiger partial charge in [-0.25, -0.2) is 0 Å². The summed E-state index contributed by atoms with van der Waals surface area (Å²) in [6.07, 6.45) is 9.36. The number of allylic oxidation sites excluding steroid dienone is 2. The Morgan fingerprint density at radius 1 is 1.14 bits per heavy atom. The van der Waals surface area contributed by atoms with Crippen LogP contribution in [0.5, 0.6) is 11.5 Å². The third-order valence-electron chi connectivity index (χ3n) is 6.73. The lowest BCUT2D eigenvalue weighted by Gasteiger charge is -2.37. The van der Waals surface area contributed by atoms with Gasteiger partial charge in [-0.2, -0.15) is 0 Å². The number of nitrogens with zero attached hydrogens (tertiary/aromatic N) is 1. The molecule has 178 valence electrons. The quantitative estimate of drug-likeness (QED) is 0.250. The van der Waals surface area contributed by atoms with Gasteiger partial charge >= 0.3 is 0 Å². The van der Waals surface area contributed by atoms with E-state index in [-0.39, 0.29) is 6.04 Å². The number of methoxy groups -OCH3 is 1. The number of benzene rings is 3. The predicted octanol–water partition coefficient (Wildman–Crippen LogP) is 7.91. The molecule has 0 spiro atoms. The summed E-state index contributed by atoms with van der Waals surface area (Å²) in [7, 11) is 1.63. The number of hydrogen-bond acceptors (Lipinski definition) is 4. The van der Waals surface area contributed by atoms with Gasteiger partial charge in [0.05, 0.1) is 23.3 Å². The minimum absolute atomic E-state index is 0.284. The lowest BCUT2D eigenvalue weighted by atomic mass is 9.76. The van der Waals surface area contributed by atoms with Gasteiger partial charge in [0.15, 0.2) is 11.5 Å². The Labute approximate surface area is 215 Å². The summed E-state index contributed by atoms with van der Waals surface area (Å²) in [4.78, 5) is 4.69. The first-order valence-corrected chi connectivity index (χ1v) is 12.7. The molecule has 3 aromatic rings. The maximum absolute atomic E-state index is 5.71. The number of halogens is 1. The molecule has 0 fully saturated rings. The van der Waals surface area contributed by atoms with Crippen LogP contribution in [0.15, 0.2) is 88.9 Å². The molecule has 5 rings (SSSR count). The van der Waals surface area contributed by atoms with Gasteiger partial charge in [0, 0.05) is 17.8 Å². The molecule has 3 aromatic carbocycles. The molecule has 4 nitrogen and oxygen atoms in total. The molecule has 0 unspecified atom stereocenters. The molecule has 0 amide bonds. The Morgan fingerprint density at radius 3 is 2.74 bits per heavy atom. The minimum atomic E-state index is 0.284. The van der Waals surface area contributed by atoms with Gasteiger partial charge < -0.3 is 14.8 Å². The van der Waals surface area contributed by atoms with Crippen LogP contribution in [0.25, 0.3) is 0 Å².